The third-order valence-corrected chi connectivity index (χ3v) is 3.78. The van der Waals surface area contributed by atoms with Gasteiger partial charge in [-0.25, -0.2) is 9.97 Å². The number of nitrogens with zero attached hydrogens (tertiary/aromatic N) is 3. The summed E-state index contributed by atoms with van der Waals surface area (Å²) in [6, 6.07) is 0. The van der Waals surface area contributed by atoms with Gasteiger partial charge < -0.3 is 14.5 Å². The molecular formula is C13H17BrN4O. The molecule has 0 saturated heterocycles. The lowest BCUT2D eigenvalue weighted by molar-refractivity contribution is 0.0659. The Bertz CT molecular complexity index is 551. The van der Waals surface area contributed by atoms with Crippen LogP contribution >= 0.6 is 15.9 Å². The number of imidazole rings is 1. The molecule has 1 saturated carbocycles. The number of hydrogen-bond acceptors (Lipinski definition) is 4. The van der Waals surface area contributed by atoms with Gasteiger partial charge in [-0.2, -0.15) is 0 Å². The van der Waals surface area contributed by atoms with Gasteiger partial charge in [0, 0.05) is 25.1 Å². The van der Waals surface area contributed by atoms with Crippen molar-refractivity contribution in [2.24, 2.45) is 0 Å². The number of hydrogen-bond donors (Lipinski definition) is 1. The third kappa shape index (κ3) is 3.06. The van der Waals surface area contributed by atoms with Crippen LogP contribution in [0.1, 0.15) is 25.7 Å². The molecule has 102 valence electrons. The highest BCUT2D eigenvalue weighted by Gasteiger charge is 2.14. The molecule has 19 heavy (non-hydrogen) atoms. The van der Waals surface area contributed by atoms with Crippen molar-refractivity contribution in [3.05, 3.63) is 23.2 Å². The zero-order chi connectivity index (χ0) is 13.1. The van der Waals surface area contributed by atoms with Crippen molar-refractivity contribution in [3.63, 3.8) is 0 Å². The summed E-state index contributed by atoms with van der Waals surface area (Å²) in [5.41, 5.74) is 0.837. The molecule has 1 aliphatic rings. The van der Waals surface area contributed by atoms with E-state index < -0.39 is 0 Å². The van der Waals surface area contributed by atoms with Crippen molar-refractivity contribution in [2.75, 3.05) is 18.5 Å². The highest BCUT2D eigenvalue weighted by Crippen LogP contribution is 2.21. The smallest absolute Gasteiger partial charge is 0.180 e. The summed E-state index contributed by atoms with van der Waals surface area (Å²) in [6.07, 6.45) is 11.1. The molecule has 6 heteroatoms. The lowest BCUT2D eigenvalue weighted by Gasteiger charge is -2.12. The van der Waals surface area contributed by atoms with Gasteiger partial charge >= 0.3 is 0 Å². The van der Waals surface area contributed by atoms with Gasteiger partial charge in [-0.05, 0) is 28.8 Å². The van der Waals surface area contributed by atoms with Gasteiger partial charge in [0.25, 0.3) is 0 Å². The van der Waals surface area contributed by atoms with Crippen LogP contribution in [0.5, 0.6) is 0 Å². The van der Waals surface area contributed by atoms with Gasteiger partial charge in [-0.1, -0.05) is 12.8 Å². The molecule has 0 radical (unpaired) electrons. The maximum absolute atomic E-state index is 5.82. The molecule has 0 unspecified atom stereocenters. The van der Waals surface area contributed by atoms with Crippen molar-refractivity contribution >= 4 is 27.4 Å². The molecule has 2 aromatic rings. The lowest BCUT2D eigenvalue weighted by atomic mass is 10.3. The zero-order valence-corrected chi connectivity index (χ0v) is 12.3. The number of nitrogens with one attached hydrogen (secondary N) is 1. The zero-order valence-electron chi connectivity index (χ0n) is 10.7. The van der Waals surface area contributed by atoms with Crippen LogP contribution in [-0.2, 0) is 4.74 Å². The SMILES string of the molecule is Brc1cn2ccnc2c(NCCOC2CCCC2)n1. The van der Waals surface area contributed by atoms with Crippen molar-refractivity contribution in [1.29, 1.82) is 0 Å². The number of fused-ring (bicyclic) bond motifs is 1. The molecular weight excluding hydrogens is 308 g/mol. The Morgan fingerprint density at radius 3 is 3.11 bits per heavy atom. The van der Waals surface area contributed by atoms with Crippen LogP contribution < -0.4 is 5.32 Å². The third-order valence-electron chi connectivity index (χ3n) is 3.39. The predicted octanol–water partition coefficient (Wildman–Crippen LogP) is 2.86. The number of anilines is 1. The summed E-state index contributed by atoms with van der Waals surface area (Å²) in [5.74, 6) is 0.786. The van der Waals surface area contributed by atoms with Gasteiger partial charge in [0.05, 0.1) is 12.7 Å². The molecule has 1 aliphatic carbocycles. The average Bonchev–Trinajstić information content (AvgIpc) is 3.04. The van der Waals surface area contributed by atoms with Crippen LogP contribution in [0.15, 0.2) is 23.2 Å². The van der Waals surface area contributed by atoms with E-state index in [1.807, 2.05) is 16.8 Å². The fourth-order valence-corrected chi connectivity index (χ4v) is 2.87. The maximum Gasteiger partial charge on any atom is 0.180 e. The number of ether oxygens (including phenoxy) is 1. The minimum Gasteiger partial charge on any atom is -0.376 e. The number of halogens is 1. The number of rotatable bonds is 5. The van der Waals surface area contributed by atoms with Crippen molar-refractivity contribution in [3.8, 4) is 0 Å². The first-order chi connectivity index (χ1) is 9.33. The minimum absolute atomic E-state index is 0.462. The van der Waals surface area contributed by atoms with Crippen LogP contribution in [0.2, 0.25) is 0 Å². The molecule has 1 fully saturated rings. The fourth-order valence-electron chi connectivity index (χ4n) is 2.47. The van der Waals surface area contributed by atoms with E-state index in [1.165, 1.54) is 25.7 Å². The molecule has 2 aromatic heterocycles. The molecule has 0 aromatic carbocycles. The van der Waals surface area contributed by atoms with Crippen LogP contribution in [0.4, 0.5) is 5.82 Å². The Morgan fingerprint density at radius 2 is 2.26 bits per heavy atom. The van der Waals surface area contributed by atoms with Gasteiger partial charge in [-0.3, -0.25) is 0 Å². The van der Waals surface area contributed by atoms with E-state index in [4.69, 9.17) is 4.74 Å². The van der Waals surface area contributed by atoms with E-state index in [0.29, 0.717) is 12.7 Å². The Kier molecular flexibility index (Phi) is 3.98. The Hall–Kier alpha value is -1.14. The summed E-state index contributed by atoms with van der Waals surface area (Å²) in [4.78, 5) is 8.70. The molecule has 1 N–H and O–H groups in total. The standard InChI is InChI=1S/C13H17BrN4O/c14-11-9-18-7-5-16-13(18)12(17-11)15-6-8-19-10-3-1-2-4-10/h5,7,9-10H,1-4,6,8H2,(H,15,17). The van der Waals surface area contributed by atoms with Crippen LogP contribution in [0.25, 0.3) is 5.65 Å². The largest absolute Gasteiger partial charge is 0.376 e. The van der Waals surface area contributed by atoms with E-state index in [-0.39, 0.29) is 0 Å². The quantitative estimate of drug-likeness (QED) is 0.859. The van der Waals surface area contributed by atoms with Crippen molar-refractivity contribution in [1.82, 2.24) is 14.4 Å². The average molecular weight is 325 g/mol. The normalized spacial score (nSPS) is 16.3. The monoisotopic (exact) mass is 324 g/mol. The second kappa shape index (κ2) is 5.88. The van der Waals surface area contributed by atoms with Gasteiger partial charge in [0.1, 0.15) is 4.60 Å². The van der Waals surface area contributed by atoms with Crippen LogP contribution in [-0.4, -0.2) is 33.6 Å². The highest BCUT2D eigenvalue weighted by molar-refractivity contribution is 9.10. The van der Waals surface area contributed by atoms with E-state index in [9.17, 15) is 0 Å². The number of aromatic nitrogens is 3. The van der Waals surface area contributed by atoms with Gasteiger partial charge in [0.15, 0.2) is 11.5 Å². The topological polar surface area (TPSA) is 51.5 Å². The summed E-state index contributed by atoms with van der Waals surface area (Å²) >= 11 is 3.40. The Morgan fingerprint density at radius 1 is 1.42 bits per heavy atom. The van der Waals surface area contributed by atoms with Crippen molar-refractivity contribution < 1.29 is 4.74 Å². The lowest BCUT2D eigenvalue weighted by Crippen LogP contribution is -2.16. The second-order valence-electron chi connectivity index (χ2n) is 4.77. The van der Waals surface area contributed by atoms with Crippen LogP contribution in [0, 0.1) is 0 Å². The van der Waals surface area contributed by atoms with Gasteiger partial charge in [0.2, 0.25) is 0 Å². The maximum atomic E-state index is 5.82. The van der Waals surface area contributed by atoms with Gasteiger partial charge in [-0.15, -0.1) is 0 Å². The van der Waals surface area contributed by atoms with Crippen LogP contribution in [0.3, 0.4) is 0 Å². The first-order valence-corrected chi connectivity index (χ1v) is 7.47. The van der Waals surface area contributed by atoms with E-state index in [1.54, 1.807) is 6.20 Å². The molecule has 2 heterocycles. The van der Waals surface area contributed by atoms with E-state index in [0.717, 1.165) is 22.6 Å². The summed E-state index contributed by atoms with van der Waals surface area (Å²) in [6.45, 7) is 1.47. The Labute approximate surface area is 120 Å². The molecule has 0 spiro atoms. The molecule has 0 aliphatic heterocycles. The molecule has 5 nitrogen and oxygen atoms in total. The van der Waals surface area contributed by atoms with E-state index in [2.05, 4.69) is 31.2 Å². The predicted molar refractivity (Wildman–Crippen MR) is 77.4 cm³/mol. The Balaban J connectivity index is 1.57. The first-order valence-electron chi connectivity index (χ1n) is 6.67. The molecule has 0 amide bonds. The summed E-state index contributed by atoms with van der Waals surface area (Å²) in [7, 11) is 0. The second-order valence-corrected chi connectivity index (χ2v) is 5.59. The molecule has 0 atom stereocenters. The summed E-state index contributed by atoms with van der Waals surface area (Å²) in [5, 5.41) is 3.29. The van der Waals surface area contributed by atoms with E-state index >= 15 is 0 Å². The molecule has 0 bridgehead atoms. The minimum atomic E-state index is 0.462. The van der Waals surface area contributed by atoms with Crippen molar-refractivity contribution in [2.45, 2.75) is 31.8 Å². The fraction of sp³-hybridized carbons (Fsp3) is 0.538. The highest BCUT2D eigenvalue weighted by atomic mass is 79.9. The molecule has 3 rings (SSSR count). The first kappa shape index (κ1) is 12.9. The summed E-state index contributed by atoms with van der Waals surface area (Å²) < 4.78 is 8.55.